The third kappa shape index (κ3) is 4.23. The molecule has 31 heavy (non-hydrogen) atoms. The Bertz CT molecular complexity index is 1340. The van der Waals surface area contributed by atoms with Gasteiger partial charge in [0.25, 0.3) is 5.69 Å². The van der Waals surface area contributed by atoms with Gasteiger partial charge >= 0.3 is 0 Å². The van der Waals surface area contributed by atoms with Crippen molar-refractivity contribution in [3.8, 4) is 0 Å². The number of carbonyl (C=O) groups excluding carboxylic acids is 1. The quantitative estimate of drug-likeness (QED) is 0.269. The normalized spacial score (nSPS) is 11.3. The predicted molar refractivity (Wildman–Crippen MR) is 126 cm³/mol. The molecule has 7 nitrogen and oxygen atoms in total. The van der Waals surface area contributed by atoms with Crippen molar-refractivity contribution in [1.82, 2.24) is 9.97 Å². The number of hydrogen-bond acceptors (Lipinski definition) is 7. The van der Waals surface area contributed by atoms with Gasteiger partial charge in [-0.15, -0.1) is 22.7 Å². The number of anilines is 2. The van der Waals surface area contributed by atoms with E-state index >= 15 is 0 Å². The molecular formula is C22H18N4O3S2. The van der Waals surface area contributed by atoms with E-state index < -0.39 is 4.92 Å². The van der Waals surface area contributed by atoms with Gasteiger partial charge in [0.05, 0.1) is 26.5 Å². The standard InChI is InChI=1S/C22H18N4O3S2/c1-13-5-4-6-19(14(13)2)25(15(3)27)22-23-16(12-30-22)7-10-21-24-18-11-17(26(28)29)8-9-20(18)31-21/h4-12H,1-3H3/b10-7+. The number of carbonyl (C=O) groups is 1. The molecular weight excluding hydrogens is 432 g/mol. The summed E-state index contributed by atoms with van der Waals surface area (Å²) in [5.41, 5.74) is 4.29. The fourth-order valence-corrected chi connectivity index (χ4v) is 4.81. The largest absolute Gasteiger partial charge is 0.274 e. The third-order valence-corrected chi connectivity index (χ3v) is 6.67. The second-order valence-electron chi connectivity index (χ2n) is 6.92. The van der Waals surface area contributed by atoms with Gasteiger partial charge in [-0.1, -0.05) is 12.1 Å². The summed E-state index contributed by atoms with van der Waals surface area (Å²) in [6.07, 6.45) is 3.65. The maximum Gasteiger partial charge on any atom is 0.271 e. The Balaban J connectivity index is 1.61. The fraction of sp³-hybridized carbons (Fsp3) is 0.136. The molecule has 2 aromatic heterocycles. The first-order valence-electron chi connectivity index (χ1n) is 9.39. The summed E-state index contributed by atoms with van der Waals surface area (Å²) in [5.74, 6) is -0.105. The number of aromatic nitrogens is 2. The number of nitro benzene ring substituents is 1. The van der Waals surface area contributed by atoms with Crippen molar-refractivity contribution in [2.75, 3.05) is 4.90 Å². The predicted octanol–water partition coefficient (Wildman–Crippen LogP) is 6.13. The SMILES string of the molecule is CC(=O)N(c1nc(/C=C/c2nc3cc([N+](=O)[O-])ccc3s2)cs1)c1cccc(C)c1C. The molecule has 9 heteroatoms. The Morgan fingerprint density at radius 3 is 2.71 bits per heavy atom. The second-order valence-corrected chi connectivity index (χ2v) is 8.82. The highest BCUT2D eigenvalue weighted by molar-refractivity contribution is 7.19. The zero-order valence-electron chi connectivity index (χ0n) is 17.0. The lowest BCUT2D eigenvalue weighted by Gasteiger charge is -2.21. The van der Waals surface area contributed by atoms with Crippen molar-refractivity contribution in [3.63, 3.8) is 0 Å². The first-order chi connectivity index (χ1) is 14.8. The van der Waals surface area contributed by atoms with Crippen LogP contribution >= 0.6 is 22.7 Å². The van der Waals surface area contributed by atoms with Crippen LogP contribution in [-0.2, 0) is 4.79 Å². The summed E-state index contributed by atoms with van der Waals surface area (Å²) in [6, 6.07) is 10.5. The minimum absolute atomic E-state index is 0.0215. The van der Waals surface area contributed by atoms with Crippen molar-refractivity contribution in [3.05, 3.63) is 73.7 Å². The van der Waals surface area contributed by atoms with Crippen LogP contribution in [0.2, 0.25) is 0 Å². The van der Waals surface area contributed by atoms with Crippen LogP contribution in [-0.4, -0.2) is 20.8 Å². The molecule has 0 aliphatic rings. The van der Waals surface area contributed by atoms with Gasteiger partial charge in [0, 0.05) is 24.4 Å². The third-order valence-electron chi connectivity index (χ3n) is 4.83. The van der Waals surface area contributed by atoms with Crippen molar-refractivity contribution in [2.24, 2.45) is 0 Å². The molecule has 0 saturated heterocycles. The van der Waals surface area contributed by atoms with Crippen LogP contribution in [0.4, 0.5) is 16.5 Å². The monoisotopic (exact) mass is 450 g/mol. The van der Waals surface area contributed by atoms with Crippen molar-refractivity contribution < 1.29 is 9.72 Å². The van der Waals surface area contributed by atoms with Crippen LogP contribution in [0, 0.1) is 24.0 Å². The van der Waals surface area contributed by atoms with E-state index in [-0.39, 0.29) is 11.6 Å². The highest BCUT2D eigenvalue weighted by Crippen LogP contribution is 2.33. The molecule has 1 amide bonds. The van der Waals surface area contributed by atoms with Gasteiger partial charge in [-0.25, -0.2) is 9.97 Å². The van der Waals surface area contributed by atoms with Crippen molar-refractivity contribution >= 4 is 67.5 Å². The first kappa shape index (κ1) is 20.8. The number of hydrogen-bond donors (Lipinski definition) is 0. The van der Waals surface area contributed by atoms with Gasteiger partial charge < -0.3 is 0 Å². The number of nitrogens with zero attached hydrogens (tertiary/aromatic N) is 4. The average Bonchev–Trinajstić information content (AvgIpc) is 3.35. The molecule has 0 unspecified atom stereocenters. The Morgan fingerprint density at radius 2 is 1.97 bits per heavy atom. The molecule has 4 rings (SSSR count). The topological polar surface area (TPSA) is 89.2 Å². The van der Waals surface area contributed by atoms with Gasteiger partial charge in [0.1, 0.15) is 5.01 Å². The summed E-state index contributed by atoms with van der Waals surface area (Å²) in [5, 5.41) is 14.1. The van der Waals surface area contributed by atoms with Gasteiger partial charge in [-0.05, 0) is 49.3 Å². The van der Waals surface area contributed by atoms with E-state index in [1.165, 1.54) is 41.7 Å². The number of benzene rings is 2. The van der Waals surface area contributed by atoms with E-state index in [1.54, 1.807) is 11.0 Å². The first-order valence-corrected chi connectivity index (χ1v) is 11.1. The summed E-state index contributed by atoms with van der Waals surface area (Å²) >= 11 is 2.84. The highest BCUT2D eigenvalue weighted by atomic mass is 32.1. The molecule has 2 heterocycles. The molecule has 0 aliphatic heterocycles. The molecule has 0 fully saturated rings. The number of non-ortho nitro benzene ring substituents is 1. The number of aryl methyl sites for hydroxylation is 1. The second kappa shape index (κ2) is 8.37. The molecule has 0 atom stereocenters. The Labute approximate surface area is 186 Å². The molecule has 4 aromatic rings. The maximum absolute atomic E-state index is 12.4. The summed E-state index contributed by atoms with van der Waals surface area (Å²) < 4.78 is 0.877. The minimum atomic E-state index is -0.429. The Kier molecular flexibility index (Phi) is 5.62. The zero-order valence-corrected chi connectivity index (χ0v) is 18.7. The Morgan fingerprint density at radius 1 is 1.16 bits per heavy atom. The summed E-state index contributed by atoms with van der Waals surface area (Å²) in [4.78, 5) is 33.6. The maximum atomic E-state index is 12.4. The minimum Gasteiger partial charge on any atom is -0.274 e. The van der Waals surface area contributed by atoms with E-state index in [0.717, 1.165) is 26.5 Å². The highest BCUT2D eigenvalue weighted by Gasteiger charge is 2.20. The lowest BCUT2D eigenvalue weighted by Crippen LogP contribution is -2.23. The molecule has 156 valence electrons. The van der Waals surface area contributed by atoms with E-state index in [1.807, 2.05) is 49.6 Å². The van der Waals surface area contributed by atoms with E-state index in [4.69, 9.17) is 0 Å². The molecule has 0 aliphatic carbocycles. The molecule has 0 saturated carbocycles. The number of rotatable bonds is 5. The number of fused-ring (bicyclic) bond motifs is 1. The smallest absolute Gasteiger partial charge is 0.271 e. The summed E-state index contributed by atoms with van der Waals surface area (Å²) in [7, 11) is 0. The zero-order chi connectivity index (χ0) is 22.1. The average molecular weight is 451 g/mol. The van der Waals surface area contributed by atoms with Gasteiger partial charge in [-0.2, -0.15) is 0 Å². The van der Waals surface area contributed by atoms with Crippen LogP contribution in [0.15, 0.2) is 41.8 Å². The lowest BCUT2D eigenvalue weighted by atomic mass is 10.1. The van der Waals surface area contributed by atoms with Gasteiger partial charge in [0.2, 0.25) is 5.91 Å². The van der Waals surface area contributed by atoms with E-state index in [9.17, 15) is 14.9 Å². The van der Waals surface area contributed by atoms with Gasteiger partial charge in [-0.3, -0.25) is 19.8 Å². The van der Waals surface area contributed by atoms with Crippen molar-refractivity contribution in [1.29, 1.82) is 0 Å². The van der Waals surface area contributed by atoms with Crippen LogP contribution in [0.1, 0.15) is 28.8 Å². The number of nitro groups is 1. The fourth-order valence-electron chi connectivity index (χ4n) is 3.12. The van der Waals surface area contributed by atoms with E-state index in [2.05, 4.69) is 9.97 Å². The molecule has 0 N–H and O–H groups in total. The van der Waals surface area contributed by atoms with Gasteiger partial charge in [0.15, 0.2) is 5.13 Å². The van der Waals surface area contributed by atoms with Crippen molar-refractivity contribution in [2.45, 2.75) is 20.8 Å². The Hall–Kier alpha value is -3.43. The summed E-state index contributed by atoms with van der Waals surface area (Å²) in [6.45, 7) is 5.53. The molecule has 0 bridgehead atoms. The number of thiazole rings is 2. The number of amides is 1. The van der Waals surface area contributed by atoms with Crippen LogP contribution in [0.25, 0.3) is 22.4 Å². The molecule has 0 spiro atoms. The molecule has 2 aromatic carbocycles. The van der Waals surface area contributed by atoms with Crippen LogP contribution in [0.3, 0.4) is 0 Å². The van der Waals surface area contributed by atoms with E-state index in [0.29, 0.717) is 16.3 Å². The van der Waals surface area contributed by atoms with Crippen LogP contribution < -0.4 is 4.90 Å². The van der Waals surface area contributed by atoms with Crippen LogP contribution in [0.5, 0.6) is 0 Å². The lowest BCUT2D eigenvalue weighted by molar-refractivity contribution is -0.384. The molecule has 0 radical (unpaired) electrons.